The smallest absolute Gasteiger partial charge is 0.412 e. The molecule has 33 heavy (non-hydrogen) atoms. The highest BCUT2D eigenvalue weighted by Crippen LogP contribution is 2.14. The fourth-order valence-corrected chi connectivity index (χ4v) is 2.59. The molecule has 0 aliphatic heterocycles. The molecule has 2 aromatic carbocycles. The number of ketones is 1. The normalized spacial score (nSPS) is 11.1. The van der Waals surface area contributed by atoms with Crippen molar-refractivity contribution in [2.45, 2.75) is 13.0 Å². The summed E-state index contributed by atoms with van der Waals surface area (Å²) >= 11 is 0. The van der Waals surface area contributed by atoms with Gasteiger partial charge in [-0.05, 0) is 43.3 Å². The first kappa shape index (κ1) is 25.0. The van der Waals surface area contributed by atoms with E-state index in [9.17, 15) is 19.2 Å². The summed E-state index contributed by atoms with van der Waals surface area (Å²) in [4.78, 5) is 47.0. The van der Waals surface area contributed by atoms with Crippen molar-refractivity contribution >= 4 is 29.6 Å². The first-order valence-electron chi connectivity index (χ1n) is 9.74. The molecule has 0 radical (unpaired) electrons. The Morgan fingerprint density at radius 3 is 2.12 bits per heavy atom. The van der Waals surface area contributed by atoms with Gasteiger partial charge in [0.2, 0.25) is 0 Å². The van der Waals surface area contributed by atoms with Gasteiger partial charge in [-0.2, -0.15) is 0 Å². The summed E-state index contributed by atoms with van der Waals surface area (Å²) in [6.07, 6.45) is -0.885. The Hall–Kier alpha value is -4.25. The summed E-state index contributed by atoms with van der Waals surface area (Å²) in [7, 11) is 0. The highest BCUT2D eigenvalue weighted by Gasteiger charge is 2.19. The second-order valence-electron chi connectivity index (χ2n) is 6.70. The Morgan fingerprint density at radius 1 is 0.970 bits per heavy atom. The first-order chi connectivity index (χ1) is 15.7. The number of carbonyl (C=O) groups excluding carboxylic acids is 3. The summed E-state index contributed by atoms with van der Waals surface area (Å²) in [6.45, 7) is 0.499. The maximum atomic E-state index is 12.6. The molecule has 11 nitrogen and oxygen atoms in total. The molecule has 2 amide bonds. The van der Waals surface area contributed by atoms with Gasteiger partial charge in [0.1, 0.15) is 18.2 Å². The van der Waals surface area contributed by atoms with Crippen LogP contribution in [0.4, 0.5) is 4.79 Å². The third-order valence-electron chi connectivity index (χ3n) is 4.23. The SMILES string of the molecule is CC(NC(=O)c1ccc(C(=N)NC(=O)OCCO)cc1)C(=O)c1ccc(OCC(=O)O)cc1. The average Bonchev–Trinajstić information content (AvgIpc) is 2.81. The second-order valence-corrected chi connectivity index (χ2v) is 6.70. The molecule has 0 saturated heterocycles. The van der Waals surface area contributed by atoms with Crippen molar-refractivity contribution in [3.8, 4) is 5.75 Å². The predicted molar refractivity (Wildman–Crippen MR) is 116 cm³/mol. The van der Waals surface area contributed by atoms with Crippen LogP contribution in [0.3, 0.4) is 0 Å². The van der Waals surface area contributed by atoms with Crippen molar-refractivity contribution < 1.29 is 38.9 Å². The third-order valence-corrected chi connectivity index (χ3v) is 4.23. The van der Waals surface area contributed by atoms with Crippen molar-refractivity contribution in [1.29, 1.82) is 5.41 Å². The van der Waals surface area contributed by atoms with E-state index < -0.39 is 30.6 Å². The summed E-state index contributed by atoms with van der Waals surface area (Å²) in [5.74, 6) is -1.92. The lowest BCUT2D eigenvalue weighted by molar-refractivity contribution is -0.139. The van der Waals surface area contributed by atoms with E-state index in [2.05, 4.69) is 15.4 Å². The van der Waals surface area contributed by atoms with Crippen LogP contribution in [0.5, 0.6) is 5.75 Å². The number of carbonyl (C=O) groups is 4. The number of alkyl carbamates (subject to hydrolysis) is 1. The van der Waals surface area contributed by atoms with Crippen LogP contribution < -0.4 is 15.4 Å². The molecule has 0 saturated carbocycles. The van der Waals surface area contributed by atoms with E-state index in [0.717, 1.165) is 0 Å². The molecule has 5 N–H and O–H groups in total. The minimum Gasteiger partial charge on any atom is -0.482 e. The number of carboxylic acids is 1. The van der Waals surface area contributed by atoms with E-state index in [-0.39, 0.29) is 30.4 Å². The number of amides is 2. The van der Waals surface area contributed by atoms with Crippen LogP contribution in [0.25, 0.3) is 0 Å². The number of rotatable bonds is 10. The van der Waals surface area contributed by atoms with Crippen molar-refractivity contribution in [3.05, 3.63) is 65.2 Å². The zero-order valence-electron chi connectivity index (χ0n) is 17.7. The number of aliphatic carboxylic acids is 1. The van der Waals surface area contributed by atoms with Gasteiger partial charge in [-0.25, -0.2) is 9.59 Å². The maximum absolute atomic E-state index is 12.6. The van der Waals surface area contributed by atoms with Crippen molar-refractivity contribution in [3.63, 3.8) is 0 Å². The monoisotopic (exact) mass is 457 g/mol. The number of aliphatic hydroxyl groups excluding tert-OH is 1. The lowest BCUT2D eigenvalue weighted by Gasteiger charge is -2.14. The predicted octanol–water partition coefficient (Wildman–Crippen LogP) is 1.20. The average molecular weight is 457 g/mol. The number of ether oxygens (including phenoxy) is 2. The minimum absolute atomic E-state index is 0.197. The molecular formula is C22H23N3O8. The van der Waals surface area contributed by atoms with Crippen LogP contribution >= 0.6 is 0 Å². The maximum Gasteiger partial charge on any atom is 0.412 e. The van der Waals surface area contributed by atoms with E-state index >= 15 is 0 Å². The molecule has 0 aromatic heterocycles. The number of hydrogen-bond donors (Lipinski definition) is 5. The molecular weight excluding hydrogens is 434 g/mol. The fraction of sp³-hybridized carbons (Fsp3) is 0.227. The van der Waals surface area contributed by atoms with Gasteiger partial charge in [0.15, 0.2) is 12.4 Å². The Labute approximate surface area is 188 Å². The molecule has 1 unspecified atom stereocenters. The van der Waals surface area contributed by atoms with Gasteiger partial charge < -0.3 is 25.0 Å². The number of benzene rings is 2. The van der Waals surface area contributed by atoms with Gasteiger partial charge in [0.25, 0.3) is 5.91 Å². The molecule has 1 atom stereocenters. The Morgan fingerprint density at radius 2 is 1.55 bits per heavy atom. The number of aliphatic hydroxyl groups is 1. The highest BCUT2D eigenvalue weighted by atomic mass is 16.6. The number of Topliss-reactive ketones (excluding diaryl/α,β-unsaturated/α-hetero) is 1. The van der Waals surface area contributed by atoms with Gasteiger partial charge >= 0.3 is 12.1 Å². The Kier molecular flexibility index (Phi) is 9.06. The van der Waals surface area contributed by atoms with Crippen LogP contribution in [-0.4, -0.2) is 65.7 Å². The standard InChI is InChI=1S/C22H23N3O8/c1-13(19(29)14-6-8-17(9-7-14)33-12-18(27)28)24-21(30)16-4-2-15(3-5-16)20(23)25-22(31)32-11-10-26/h2-9,13,26H,10-12H2,1H3,(H,24,30)(H,27,28)(H2,23,25,31). The summed E-state index contributed by atoms with van der Waals surface area (Å²) < 4.78 is 9.62. The topological polar surface area (TPSA) is 175 Å². The Bertz CT molecular complexity index is 1020. The number of amidine groups is 1. The highest BCUT2D eigenvalue weighted by molar-refractivity contribution is 6.06. The molecule has 174 valence electrons. The van der Waals surface area contributed by atoms with Crippen LogP contribution in [-0.2, 0) is 9.53 Å². The van der Waals surface area contributed by atoms with Crippen molar-refractivity contribution in [2.75, 3.05) is 19.8 Å². The van der Waals surface area contributed by atoms with E-state index in [1.165, 1.54) is 55.5 Å². The lowest BCUT2D eigenvalue weighted by atomic mass is 10.0. The molecule has 0 aliphatic carbocycles. The first-order valence-corrected chi connectivity index (χ1v) is 9.74. The molecule has 0 fully saturated rings. The second kappa shape index (κ2) is 12.0. The quantitative estimate of drug-likeness (QED) is 0.201. The molecule has 0 aliphatic rings. The minimum atomic E-state index is -1.12. The molecule has 0 spiro atoms. The van der Waals surface area contributed by atoms with Gasteiger partial charge in [-0.15, -0.1) is 0 Å². The largest absolute Gasteiger partial charge is 0.482 e. The molecule has 2 aromatic rings. The summed E-state index contributed by atoms with van der Waals surface area (Å²) in [6, 6.07) is 10.8. The zero-order chi connectivity index (χ0) is 24.4. The molecule has 0 heterocycles. The van der Waals surface area contributed by atoms with Gasteiger partial charge in [-0.3, -0.25) is 20.3 Å². The molecule has 11 heteroatoms. The van der Waals surface area contributed by atoms with Crippen molar-refractivity contribution in [1.82, 2.24) is 10.6 Å². The van der Waals surface area contributed by atoms with Crippen molar-refractivity contribution in [2.24, 2.45) is 0 Å². The van der Waals surface area contributed by atoms with Crippen LogP contribution in [0.1, 0.15) is 33.2 Å². The number of hydrogen-bond acceptors (Lipinski definition) is 8. The third kappa shape index (κ3) is 7.74. The Balaban J connectivity index is 1.93. The molecule has 2 rings (SSSR count). The van der Waals surface area contributed by atoms with Crippen LogP contribution in [0, 0.1) is 5.41 Å². The van der Waals surface area contributed by atoms with E-state index in [1.54, 1.807) is 0 Å². The summed E-state index contributed by atoms with van der Waals surface area (Å²) in [5, 5.41) is 29.9. The van der Waals surface area contributed by atoms with E-state index in [0.29, 0.717) is 16.9 Å². The van der Waals surface area contributed by atoms with E-state index in [1.807, 2.05) is 0 Å². The van der Waals surface area contributed by atoms with Gasteiger partial charge in [-0.1, -0.05) is 12.1 Å². The van der Waals surface area contributed by atoms with Gasteiger partial charge in [0.05, 0.1) is 12.6 Å². The number of nitrogens with one attached hydrogen (secondary N) is 3. The fourth-order valence-electron chi connectivity index (χ4n) is 2.59. The number of carboxylic acid groups (broad SMARTS) is 1. The van der Waals surface area contributed by atoms with E-state index in [4.69, 9.17) is 20.4 Å². The molecule has 0 bridgehead atoms. The van der Waals surface area contributed by atoms with Crippen LogP contribution in [0.2, 0.25) is 0 Å². The van der Waals surface area contributed by atoms with Gasteiger partial charge in [0, 0.05) is 16.7 Å². The lowest BCUT2D eigenvalue weighted by Crippen LogP contribution is -2.38. The summed E-state index contributed by atoms with van der Waals surface area (Å²) in [5.41, 5.74) is 0.877. The zero-order valence-corrected chi connectivity index (χ0v) is 17.7. The van der Waals surface area contributed by atoms with Crippen LogP contribution in [0.15, 0.2) is 48.5 Å².